The zero-order chi connectivity index (χ0) is 11.9. The molecule has 0 amide bonds. The van der Waals surface area contributed by atoms with E-state index in [-0.39, 0.29) is 0 Å². The number of hydrogen-bond acceptors (Lipinski definition) is 3. The second kappa shape index (κ2) is 6.20. The first-order valence-corrected chi connectivity index (χ1v) is 5.48. The maximum absolute atomic E-state index is 10.5. The number of aliphatic carboxylic acids is 1. The van der Waals surface area contributed by atoms with Gasteiger partial charge in [-0.25, -0.2) is 4.79 Å². The molecule has 0 bridgehead atoms. The molecule has 1 atom stereocenters. The Balaban J connectivity index is 0.000000181. The molecule has 0 spiro atoms. The van der Waals surface area contributed by atoms with Crippen molar-refractivity contribution in [3.05, 3.63) is 24.7 Å². The van der Waals surface area contributed by atoms with Gasteiger partial charge in [-0.05, 0) is 38.3 Å². The Bertz CT molecular complexity index is 275. The van der Waals surface area contributed by atoms with E-state index in [0.717, 1.165) is 13.0 Å². The lowest BCUT2D eigenvalue weighted by Crippen LogP contribution is -2.37. The molecule has 0 aromatic heterocycles. The summed E-state index contributed by atoms with van der Waals surface area (Å²) < 4.78 is 9.84. The van der Waals surface area contributed by atoms with E-state index in [0.29, 0.717) is 6.42 Å². The Morgan fingerprint density at radius 1 is 1.31 bits per heavy atom. The summed E-state index contributed by atoms with van der Waals surface area (Å²) in [6.07, 6.45) is 10.8. The second-order valence-electron chi connectivity index (χ2n) is 3.95. The Morgan fingerprint density at radius 3 is 2.31 bits per heavy atom. The van der Waals surface area contributed by atoms with Gasteiger partial charge in [-0.2, -0.15) is 0 Å². The molecule has 1 N–H and O–H groups in total. The molecular formula is C12H18O4. The first kappa shape index (κ1) is 12.6. The van der Waals surface area contributed by atoms with Crippen molar-refractivity contribution in [1.82, 2.24) is 0 Å². The molecule has 0 aromatic rings. The van der Waals surface area contributed by atoms with Crippen LogP contribution in [0.1, 0.15) is 32.6 Å². The number of carboxylic acid groups (broad SMARTS) is 1. The fraction of sp³-hybridized carbons (Fsp3) is 0.583. The van der Waals surface area contributed by atoms with Gasteiger partial charge in [-0.15, -0.1) is 0 Å². The second-order valence-corrected chi connectivity index (χ2v) is 3.95. The smallest absolute Gasteiger partial charge is 0.347 e. The normalized spacial score (nSPS) is 27.1. The van der Waals surface area contributed by atoms with E-state index in [2.05, 4.69) is 0 Å². The lowest BCUT2D eigenvalue weighted by molar-refractivity contribution is -0.158. The van der Waals surface area contributed by atoms with Crippen molar-refractivity contribution in [1.29, 1.82) is 0 Å². The number of carboxylic acids is 1. The summed E-state index contributed by atoms with van der Waals surface area (Å²) in [5.74, 6) is -0.892. The van der Waals surface area contributed by atoms with Crippen LogP contribution in [-0.2, 0) is 14.3 Å². The van der Waals surface area contributed by atoms with Crippen molar-refractivity contribution < 1.29 is 19.4 Å². The molecule has 4 heteroatoms. The number of rotatable bonds is 1. The van der Waals surface area contributed by atoms with E-state index >= 15 is 0 Å². The largest absolute Gasteiger partial charge is 0.502 e. The zero-order valence-electron chi connectivity index (χ0n) is 9.52. The highest BCUT2D eigenvalue weighted by Crippen LogP contribution is 2.22. The minimum Gasteiger partial charge on any atom is -0.502 e. The average Bonchev–Trinajstić information content (AvgIpc) is 2.33. The molecule has 16 heavy (non-hydrogen) atoms. The molecule has 0 saturated carbocycles. The molecule has 0 saturated heterocycles. The standard InChI is InChI=1S/C7H10O3.C5H8O/c1-7(6(8)9)4-2-3-5-10-7;1-2-4-6-5-3-1/h3,5H,2,4H2,1H3,(H,8,9);2,4H,1,3,5H2. The van der Waals surface area contributed by atoms with E-state index in [1.807, 2.05) is 12.2 Å². The van der Waals surface area contributed by atoms with E-state index in [4.69, 9.17) is 14.6 Å². The molecule has 2 aliphatic heterocycles. The first-order chi connectivity index (χ1) is 7.65. The SMILES string of the molecule is C1=COCCC1.CC1(C(=O)O)CCC=CO1. The molecule has 0 fully saturated rings. The zero-order valence-corrected chi connectivity index (χ0v) is 9.52. The van der Waals surface area contributed by atoms with Gasteiger partial charge in [0.25, 0.3) is 0 Å². The van der Waals surface area contributed by atoms with Gasteiger partial charge in [0.1, 0.15) is 0 Å². The average molecular weight is 226 g/mol. The third kappa shape index (κ3) is 3.96. The highest BCUT2D eigenvalue weighted by molar-refractivity contribution is 5.77. The Morgan fingerprint density at radius 2 is 2.06 bits per heavy atom. The summed E-state index contributed by atoms with van der Waals surface area (Å²) in [5, 5.41) is 8.64. The maximum atomic E-state index is 10.5. The van der Waals surface area contributed by atoms with Crippen LogP contribution in [0.15, 0.2) is 24.7 Å². The van der Waals surface area contributed by atoms with Crippen molar-refractivity contribution in [2.24, 2.45) is 0 Å². The van der Waals surface area contributed by atoms with Gasteiger partial charge < -0.3 is 14.6 Å². The topological polar surface area (TPSA) is 55.8 Å². The van der Waals surface area contributed by atoms with Gasteiger partial charge in [0.15, 0.2) is 0 Å². The van der Waals surface area contributed by atoms with Crippen LogP contribution in [-0.4, -0.2) is 23.3 Å². The molecule has 4 nitrogen and oxygen atoms in total. The van der Waals surface area contributed by atoms with Gasteiger partial charge in [0.2, 0.25) is 5.60 Å². The summed E-state index contributed by atoms with van der Waals surface area (Å²) in [7, 11) is 0. The van der Waals surface area contributed by atoms with E-state index in [9.17, 15) is 4.79 Å². The van der Waals surface area contributed by atoms with Crippen LogP contribution in [0.5, 0.6) is 0 Å². The minimum atomic E-state index is -0.991. The number of ether oxygens (including phenoxy) is 2. The van der Waals surface area contributed by atoms with Crippen molar-refractivity contribution in [2.45, 2.75) is 38.2 Å². The maximum Gasteiger partial charge on any atom is 0.347 e. The monoisotopic (exact) mass is 226 g/mol. The highest BCUT2D eigenvalue weighted by atomic mass is 16.5. The van der Waals surface area contributed by atoms with E-state index < -0.39 is 11.6 Å². The number of carbonyl (C=O) groups is 1. The summed E-state index contributed by atoms with van der Waals surface area (Å²) >= 11 is 0. The third-order valence-electron chi connectivity index (χ3n) is 2.49. The lowest BCUT2D eigenvalue weighted by Gasteiger charge is -2.26. The van der Waals surface area contributed by atoms with Gasteiger partial charge >= 0.3 is 5.97 Å². The Kier molecular flexibility index (Phi) is 4.89. The molecule has 2 aliphatic rings. The summed E-state index contributed by atoms with van der Waals surface area (Å²) in [6.45, 7) is 2.50. The van der Waals surface area contributed by atoms with Crippen molar-refractivity contribution >= 4 is 5.97 Å². The van der Waals surface area contributed by atoms with Crippen molar-refractivity contribution in [3.8, 4) is 0 Å². The number of hydrogen-bond donors (Lipinski definition) is 1. The first-order valence-electron chi connectivity index (χ1n) is 5.48. The van der Waals surface area contributed by atoms with Gasteiger partial charge in [0.05, 0.1) is 19.1 Å². The molecule has 0 radical (unpaired) electrons. The Labute approximate surface area is 95.6 Å². The molecule has 2 heterocycles. The van der Waals surface area contributed by atoms with Crippen molar-refractivity contribution in [3.63, 3.8) is 0 Å². The summed E-state index contributed by atoms with van der Waals surface area (Å²) in [6, 6.07) is 0. The third-order valence-corrected chi connectivity index (χ3v) is 2.49. The van der Waals surface area contributed by atoms with Crippen LogP contribution in [0.2, 0.25) is 0 Å². The summed E-state index contributed by atoms with van der Waals surface area (Å²) in [5.41, 5.74) is -0.991. The van der Waals surface area contributed by atoms with E-state index in [1.54, 1.807) is 13.2 Å². The summed E-state index contributed by atoms with van der Waals surface area (Å²) in [4.78, 5) is 10.5. The minimum absolute atomic E-state index is 0.554. The van der Waals surface area contributed by atoms with E-state index in [1.165, 1.54) is 19.1 Å². The van der Waals surface area contributed by atoms with Crippen LogP contribution < -0.4 is 0 Å². The molecule has 2 rings (SSSR count). The van der Waals surface area contributed by atoms with Crippen LogP contribution in [0.25, 0.3) is 0 Å². The van der Waals surface area contributed by atoms with Crippen molar-refractivity contribution in [2.75, 3.05) is 6.61 Å². The van der Waals surface area contributed by atoms with Crippen LogP contribution in [0, 0.1) is 0 Å². The fourth-order valence-corrected chi connectivity index (χ4v) is 1.33. The van der Waals surface area contributed by atoms with Gasteiger partial charge in [-0.3, -0.25) is 0 Å². The molecule has 90 valence electrons. The van der Waals surface area contributed by atoms with Gasteiger partial charge in [-0.1, -0.05) is 0 Å². The molecule has 0 aliphatic carbocycles. The molecule has 1 unspecified atom stereocenters. The molecular weight excluding hydrogens is 208 g/mol. The quantitative estimate of drug-likeness (QED) is 0.746. The van der Waals surface area contributed by atoms with Crippen LogP contribution in [0.4, 0.5) is 0 Å². The lowest BCUT2D eigenvalue weighted by atomic mass is 9.99. The van der Waals surface area contributed by atoms with Crippen LogP contribution in [0.3, 0.4) is 0 Å². The van der Waals surface area contributed by atoms with Crippen LogP contribution >= 0.6 is 0 Å². The predicted octanol–water partition coefficient (Wildman–Crippen LogP) is 2.46. The fourth-order valence-electron chi connectivity index (χ4n) is 1.33. The number of allylic oxidation sites excluding steroid dienone is 2. The van der Waals surface area contributed by atoms with Gasteiger partial charge in [0, 0.05) is 6.42 Å². The Hall–Kier alpha value is -1.45. The molecule has 0 aromatic carbocycles. The predicted molar refractivity (Wildman–Crippen MR) is 59.8 cm³/mol. The highest BCUT2D eigenvalue weighted by Gasteiger charge is 2.34.